The van der Waals surface area contributed by atoms with Crippen LogP contribution in [0.5, 0.6) is 0 Å². The van der Waals surface area contributed by atoms with Crippen LogP contribution in [-0.4, -0.2) is 53.2 Å². The van der Waals surface area contributed by atoms with E-state index in [9.17, 15) is 5.11 Å². The summed E-state index contributed by atoms with van der Waals surface area (Å²) in [6, 6.07) is 9.21. The summed E-state index contributed by atoms with van der Waals surface area (Å²) in [6.45, 7) is 8.99. The van der Waals surface area contributed by atoms with Crippen molar-refractivity contribution in [2.45, 2.75) is 51.3 Å². The molecule has 0 amide bonds. The van der Waals surface area contributed by atoms with E-state index in [1.54, 1.807) is 0 Å². The molecule has 3 atom stereocenters. The fourth-order valence-electron chi connectivity index (χ4n) is 3.85. The van der Waals surface area contributed by atoms with Crippen molar-refractivity contribution in [3.8, 4) is 0 Å². The molecule has 0 aromatic heterocycles. The summed E-state index contributed by atoms with van der Waals surface area (Å²) < 4.78 is 0. The van der Waals surface area contributed by atoms with Gasteiger partial charge >= 0.3 is 0 Å². The van der Waals surface area contributed by atoms with Crippen LogP contribution in [0.25, 0.3) is 0 Å². The van der Waals surface area contributed by atoms with Crippen molar-refractivity contribution in [1.82, 2.24) is 9.80 Å². The van der Waals surface area contributed by atoms with E-state index in [-0.39, 0.29) is 6.04 Å². The Hall–Kier alpha value is -0.900. The lowest BCUT2D eigenvalue weighted by Crippen LogP contribution is -2.43. The predicted molar refractivity (Wildman–Crippen MR) is 86.4 cm³/mol. The zero-order chi connectivity index (χ0) is 14.8. The summed E-state index contributed by atoms with van der Waals surface area (Å²) >= 11 is 0. The molecule has 3 rings (SSSR count). The van der Waals surface area contributed by atoms with Crippen molar-refractivity contribution >= 4 is 0 Å². The third-order valence-electron chi connectivity index (χ3n) is 5.29. The van der Waals surface area contributed by atoms with Crippen LogP contribution in [-0.2, 0) is 0 Å². The molecule has 3 nitrogen and oxygen atoms in total. The molecule has 2 heterocycles. The molecule has 2 fully saturated rings. The normalized spacial score (nSPS) is 27.1. The van der Waals surface area contributed by atoms with Gasteiger partial charge in [-0.2, -0.15) is 0 Å². The molecule has 2 aliphatic rings. The van der Waals surface area contributed by atoms with E-state index in [4.69, 9.17) is 0 Å². The molecule has 3 unspecified atom stereocenters. The summed E-state index contributed by atoms with van der Waals surface area (Å²) in [7, 11) is 0. The molecule has 1 aromatic rings. The molecule has 0 bridgehead atoms. The Morgan fingerprint density at radius 2 is 1.81 bits per heavy atom. The van der Waals surface area contributed by atoms with Crippen LogP contribution in [0.2, 0.25) is 0 Å². The molecule has 0 spiro atoms. The summed E-state index contributed by atoms with van der Waals surface area (Å²) in [5.41, 5.74) is 2.29. The third-order valence-corrected chi connectivity index (χ3v) is 5.29. The fraction of sp³-hybridized carbons (Fsp3) is 0.667. The van der Waals surface area contributed by atoms with E-state index in [1.165, 1.54) is 37.9 Å². The first-order chi connectivity index (χ1) is 10.1. The van der Waals surface area contributed by atoms with Crippen molar-refractivity contribution < 1.29 is 5.11 Å². The average molecular weight is 288 g/mol. The van der Waals surface area contributed by atoms with Crippen LogP contribution >= 0.6 is 0 Å². The van der Waals surface area contributed by atoms with E-state index in [2.05, 4.69) is 47.9 Å². The molecular formula is C18H28N2O. The Balaban J connectivity index is 1.68. The zero-order valence-electron chi connectivity index (χ0n) is 13.3. The average Bonchev–Trinajstić information content (AvgIpc) is 2.83. The monoisotopic (exact) mass is 288 g/mol. The number of hydrogen-bond donors (Lipinski definition) is 1. The second-order valence-corrected chi connectivity index (χ2v) is 6.78. The van der Waals surface area contributed by atoms with Crippen molar-refractivity contribution in [3.63, 3.8) is 0 Å². The SMILES string of the molecule is Cc1ccc(C(O)C(C)N2CCCN3CCCC3C2)cc1. The number of hydrogen-bond acceptors (Lipinski definition) is 3. The highest BCUT2D eigenvalue weighted by molar-refractivity contribution is 5.24. The van der Waals surface area contributed by atoms with Gasteiger partial charge in [0.15, 0.2) is 0 Å². The number of rotatable bonds is 3. The molecule has 2 aliphatic heterocycles. The van der Waals surface area contributed by atoms with Gasteiger partial charge in [-0.1, -0.05) is 29.8 Å². The van der Waals surface area contributed by atoms with Crippen LogP contribution in [0.15, 0.2) is 24.3 Å². The molecule has 1 N–H and O–H groups in total. The lowest BCUT2D eigenvalue weighted by atomic mass is 10.0. The molecule has 2 saturated heterocycles. The molecular weight excluding hydrogens is 260 g/mol. The second-order valence-electron chi connectivity index (χ2n) is 6.78. The zero-order valence-corrected chi connectivity index (χ0v) is 13.3. The summed E-state index contributed by atoms with van der Waals surface area (Å²) in [5.74, 6) is 0. The van der Waals surface area contributed by atoms with Gasteiger partial charge in [0.2, 0.25) is 0 Å². The maximum Gasteiger partial charge on any atom is 0.0942 e. The quantitative estimate of drug-likeness (QED) is 0.926. The van der Waals surface area contributed by atoms with Crippen molar-refractivity contribution in [2.75, 3.05) is 26.2 Å². The highest BCUT2D eigenvalue weighted by atomic mass is 16.3. The molecule has 116 valence electrons. The Bertz CT molecular complexity index is 459. The Kier molecular flexibility index (Phi) is 4.63. The highest BCUT2D eigenvalue weighted by Gasteiger charge is 2.32. The highest BCUT2D eigenvalue weighted by Crippen LogP contribution is 2.26. The number of aliphatic hydroxyl groups is 1. The first-order valence-electron chi connectivity index (χ1n) is 8.38. The van der Waals surface area contributed by atoms with Gasteiger partial charge in [0.1, 0.15) is 0 Å². The van der Waals surface area contributed by atoms with Crippen LogP contribution in [0.4, 0.5) is 0 Å². The van der Waals surface area contributed by atoms with Gasteiger partial charge in [0.05, 0.1) is 6.10 Å². The molecule has 1 aromatic carbocycles. The molecule has 3 heteroatoms. The smallest absolute Gasteiger partial charge is 0.0942 e. The van der Waals surface area contributed by atoms with Gasteiger partial charge in [-0.25, -0.2) is 0 Å². The van der Waals surface area contributed by atoms with Crippen molar-refractivity contribution in [3.05, 3.63) is 35.4 Å². The van der Waals surface area contributed by atoms with E-state index in [0.29, 0.717) is 6.04 Å². The van der Waals surface area contributed by atoms with Crippen molar-refractivity contribution in [2.24, 2.45) is 0 Å². The number of fused-ring (bicyclic) bond motifs is 1. The van der Waals surface area contributed by atoms with E-state index in [1.807, 2.05) is 0 Å². The van der Waals surface area contributed by atoms with Crippen LogP contribution in [0, 0.1) is 6.92 Å². The van der Waals surface area contributed by atoms with Gasteiger partial charge in [-0.05, 0) is 58.3 Å². The minimum atomic E-state index is -0.390. The number of benzene rings is 1. The number of aryl methyl sites for hydroxylation is 1. The Morgan fingerprint density at radius 1 is 1.10 bits per heavy atom. The topological polar surface area (TPSA) is 26.7 Å². The Labute approximate surface area is 128 Å². The lowest BCUT2D eigenvalue weighted by molar-refractivity contribution is 0.0539. The van der Waals surface area contributed by atoms with Gasteiger partial charge < -0.3 is 5.11 Å². The summed E-state index contributed by atoms with van der Waals surface area (Å²) in [6.07, 6.45) is 3.50. The van der Waals surface area contributed by atoms with E-state index < -0.39 is 6.10 Å². The fourth-order valence-corrected chi connectivity index (χ4v) is 3.85. The first kappa shape index (κ1) is 15.0. The van der Waals surface area contributed by atoms with Gasteiger partial charge in [0.25, 0.3) is 0 Å². The maximum atomic E-state index is 10.7. The molecule has 0 saturated carbocycles. The van der Waals surface area contributed by atoms with Gasteiger partial charge in [-0.15, -0.1) is 0 Å². The minimum Gasteiger partial charge on any atom is -0.387 e. The minimum absolute atomic E-state index is 0.188. The van der Waals surface area contributed by atoms with Gasteiger partial charge in [0, 0.05) is 18.6 Å². The number of nitrogens with zero attached hydrogens (tertiary/aromatic N) is 2. The summed E-state index contributed by atoms with van der Waals surface area (Å²) in [5, 5.41) is 10.7. The third kappa shape index (κ3) is 3.31. The van der Waals surface area contributed by atoms with Crippen LogP contribution < -0.4 is 0 Å². The molecule has 0 radical (unpaired) electrons. The predicted octanol–water partition coefficient (Wildman–Crippen LogP) is 2.59. The van der Waals surface area contributed by atoms with Crippen LogP contribution in [0.1, 0.15) is 43.4 Å². The number of aliphatic hydroxyl groups excluding tert-OH is 1. The Morgan fingerprint density at radius 3 is 2.57 bits per heavy atom. The standard InChI is InChI=1S/C18H28N2O/c1-14-6-8-16(9-7-14)18(21)15(2)20-12-4-11-19-10-3-5-17(19)13-20/h6-9,15,17-18,21H,3-5,10-13H2,1-2H3. The largest absolute Gasteiger partial charge is 0.387 e. The maximum absolute atomic E-state index is 10.7. The molecule has 0 aliphatic carbocycles. The second kappa shape index (κ2) is 6.47. The van der Waals surface area contributed by atoms with Crippen molar-refractivity contribution in [1.29, 1.82) is 0 Å². The van der Waals surface area contributed by atoms with Crippen LogP contribution in [0.3, 0.4) is 0 Å². The van der Waals surface area contributed by atoms with E-state index >= 15 is 0 Å². The molecule has 21 heavy (non-hydrogen) atoms. The first-order valence-corrected chi connectivity index (χ1v) is 8.38. The summed E-state index contributed by atoms with van der Waals surface area (Å²) in [4.78, 5) is 5.14. The van der Waals surface area contributed by atoms with Gasteiger partial charge in [-0.3, -0.25) is 9.80 Å². The lowest BCUT2D eigenvalue weighted by Gasteiger charge is -2.33. The van der Waals surface area contributed by atoms with E-state index in [0.717, 1.165) is 18.7 Å².